The van der Waals surface area contributed by atoms with Crippen LogP contribution in [0, 0.1) is 51.2 Å². The van der Waals surface area contributed by atoms with Crippen molar-refractivity contribution in [3.63, 3.8) is 0 Å². The van der Waals surface area contributed by atoms with Crippen LogP contribution < -0.4 is 0 Å². The molecule has 36 heavy (non-hydrogen) atoms. The lowest BCUT2D eigenvalue weighted by Gasteiger charge is -2.65. The summed E-state index contributed by atoms with van der Waals surface area (Å²) in [5, 5.41) is 0. The quantitative estimate of drug-likeness (QED) is 0.294. The van der Waals surface area contributed by atoms with Gasteiger partial charge in [-0.25, -0.2) is 0 Å². The molecule has 0 N–H and O–H groups in total. The van der Waals surface area contributed by atoms with Gasteiger partial charge < -0.3 is 4.74 Å². The van der Waals surface area contributed by atoms with E-state index in [1.807, 2.05) is 0 Å². The topological polar surface area (TPSA) is 60.4 Å². The SMILES string of the molecule is CC(=O)OC1CC[C@@]2(C)C(CC(=O)[C@@H]3[C@@H]2C(=O)C[C@]2(C)[C@@H]([C@H](C)CCC=C(C)C)CC[C@@]32C)C1(C)C. The van der Waals surface area contributed by atoms with Crippen molar-refractivity contribution in [2.75, 3.05) is 0 Å². The Balaban J connectivity index is 1.67. The van der Waals surface area contributed by atoms with Crippen LogP contribution in [0.25, 0.3) is 0 Å². The molecule has 0 amide bonds. The summed E-state index contributed by atoms with van der Waals surface area (Å²) in [6, 6.07) is 0. The summed E-state index contributed by atoms with van der Waals surface area (Å²) < 4.78 is 5.75. The van der Waals surface area contributed by atoms with Crippen LogP contribution in [0.3, 0.4) is 0 Å². The molecular weight excluding hydrogens is 448 g/mol. The van der Waals surface area contributed by atoms with E-state index in [4.69, 9.17) is 4.74 Å². The Morgan fingerprint density at radius 2 is 1.64 bits per heavy atom. The maximum absolute atomic E-state index is 14.2. The smallest absolute Gasteiger partial charge is 0.302 e. The lowest BCUT2D eigenvalue weighted by atomic mass is 9.37. The number of ether oxygens (including phenoxy) is 1. The van der Waals surface area contributed by atoms with Crippen LogP contribution in [0.2, 0.25) is 0 Å². The number of carbonyl (C=O) groups is 3. The number of carbonyl (C=O) groups excluding carboxylic acids is 3. The molecular formula is C32H50O4. The monoisotopic (exact) mass is 498 g/mol. The van der Waals surface area contributed by atoms with Crippen LogP contribution >= 0.6 is 0 Å². The summed E-state index contributed by atoms with van der Waals surface area (Å²) in [6.07, 6.45) is 9.23. The molecule has 0 spiro atoms. The van der Waals surface area contributed by atoms with Crippen molar-refractivity contribution in [2.45, 2.75) is 120 Å². The van der Waals surface area contributed by atoms with Gasteiger partial charge in [-0.1, -0.05) is 53.2 Å². The molecule has 4 aliphatic rings. The zero-order valence-corrected chi connectivity index (χ0v) is 24.3. The normalized spacial score (nSPS) is 44.2. The van der Waals surface area contributed by atoms with Crippen LogP contribution in [0.5, 0.6) is 0 Å². The van der Waals surface area contributed by atoms with Crippen LogP contribution in [0.15, 0.2) is 11.6 Å². The molecule has 4 nitrogen and oxygen atoms in total. The fourth-order valence-corrected chi connectivity index (χ4v) is 10.1. The largest absolute Gasteiger partial charge is 0.462 e. The summed E-state index contributed by atoms with van der Waals surface area (Å²) in [5.74, 6) is 1.03. The van der Waals surface area contributed by atoms with Crippen molar-refractivity contribution >= 4 is 17.5 Å². The van der Waals surface area contributed by atoms with Gasteiger partial charge in [0.1, 0.15) is 17.7 Å². The Morgan fingerprint density at radius 3 is 2.25 bits per heavy atom. The van der Waals surface area contributed by atoms with Gasteiger partial charge in [0, 0.05) is 37.0 Å². The minimum absolute atomic E-state index is 0.0500. The molecule has 2 unspecified atom stereocenters. The Labute approximate surface area is 219 Å². The molecule has 4 rings (SSSR count). The minimum atomic E-state index is -0.334. The highest BCUT2D eigenvalue weighted by Crippen LogP contribution is 2.73. The second-order valence-electron chi connectivity index (χ2n) is 14.6. The van der Waals surface area contributed by atoms with E-state index in [1.165, 1.54) is 12.5 Å². The number of ketones is 2. The number of rotatable bonds is 5. The molecule has 4 fully saturated rings. The average molecular weight is 499 g/mol. The molecule has 0 aliphatic heterocycles. The van der Waals surface area contributed by atoms with Gasteiger partial charge in [-0.05, 0) is 86.4 Å². The first-order valence-corrected chi connectivity index (χ1v) is 14.5. The van der Waals surface area contributed by atoms with Gasteiger partial charge in [0.25, 0.3) is 0 Å². The van der Waals surface area contributed by atoms with Gasteiger partial charge in [0.15, 0.2) is 0 Å². The second-order valence-corrected chi connectivity index (χ2v) is 14.6. The summed E-state index contributed by atoms with van der Waals surface area (Å²) in [6.45, 7) is 19.4. The number of esters is 1. The van der Waals surface area contributed by atoms with Crippen molar-refractivity contribution in [3.05, 3.63) is 11.6 Å². The predicted octanol–water partition coefficient (Wildman–Crippen LogP) is 7.34. The van der Waals surface area contributed by atoms with Gasteiger partial charge >= 0.3 is 5.97 Å². The first-order valence-electron chi connectivity index (χ1n) is 14.5. The van der Waals surface area contributed by atoms with Crippen LogP contribution in [-0.2, 0) is 19.1 Å². The van der Waals surface area contributed by atoms with Crippen molar-refractivity contribution < 1.29 is 19.1 Å². The van der Waals surface area contributed by atoms with Gasteiger partial charge in [0.05, 0.1) is 0 Å². The zero-order chi connectivity index (χ0) is 26.8. The molecule has 4 saturated carbocycles. The third-order valence-electron chi connectivity index (χ3n) is 12.1. The summed E-state index contributed by atoms with van der Waals surface area (Å²) >= 11 is 0. The van der Waals surface area contributed by atoms with Gasteiger partial charge in [-0.3, -0.25) is 14.4 Å². The molecule has 0 bridgehead atoms. The van der Waals surface area contributed by atoms with E-state index in [1.54, 1.807) is 0 Å². The van der Waals surface area contributed by atoms with E-state index in [0.29, 0.717) is 36.2 Å². The molecule has 0 radical (unpaired) electrons. The summed E-state index contributed by atoms with van der Waals surface area (Å²) in [5.41, 5.74) is 0.538. The molecule has 0 heterocycles. The number of fused-ring (bicyclic) bond motifs is 5. The molecule has 4 aliphatic carbocycles. The average Bonchev–Trinajstić information content (AvgIpc) is 3.02. The second kappa shape index (κ2) is 9.09. The first-order chi connectivity index (χ1) is 16.6. The van der Waals surface area contributed by atoms with Crippen molar-refractivity contribution in [1.82, 2.24) is 0 Å². The van der Waals surface area contributed by atoms with Crippen molar-refractivity contribution in [1.29, 1.82) is 0 Å². The van der Waals surface area contributed by atoms with Gasteiger partial charge in [0.2, 0.25) is 0 Å². The molecule has 202 valence electrons. The maximum Gasteiger partial charge on any atom is 0.302 e. The Kier molecular flexibility index (Phi) is 6.96. The highest BCUT2D eigenvalue weighted by atomic mass is 16.5. The standard InChI is InChI=1S/C32H50O4/c1-19(2)11-10-12-20(3)22-13-16-31(8)28-23(34)17-25-29(5,6)26(36-21(4)33)14-15-30(25,7)27(28)24(35)18-32(22,31)9/h11,20,22,25-28H,10,12-18H2,1-9H3/t20-,22-,25?,26?,27+,28-,30+,31+,32-/m1/s1. The fraction of sp³-hybridized carbons (Fsp3) is 0.844. The van der Waals surface area contributed by atoms with E-state index in [-0.39, 0.29) is 51.5 Å². The van der Waals surface area contributed by atoms with E-state index in [9.17, 15) is 14.4 Å². The molecule has 0 saturated heterocycles. The third-order valence-corrected chi connectivity index (χ3v) is 12.1. The zero-order valence-electron chi connectivity index (χ0n) is 24.3. The van der Waals surface area contributed by atoms with Crippen molar-refractivity contribution in [3.8, 4) is 0 Å². The maximum atomic E-state index is 14.2. The summed E-state index contributed by atoms with van der Waals surface area (Å²) in [7, 11) is 0. The van der Waals surface area contributed by atoms with E-state index in [2.05, 4.69) is 61.5 Å². The number of hydrogen-bond donors (Lipinski definition) is 0. The molecule has 0 aromatic carbocycles. The summed E-state index contributed by atoms with van der Waals surface area (Å²) in [4.78, 5) is 40.2. The lowest BCUT2D eigenvalue weighted by Crippen LogP contribution is -2.67. The Bertz CT molecular complexity index is 957. The van der Waals surface area contributed by atoms with E-state index in [0.717, 1.165) is 38.5 Å². The molecule has 0 aromatic heterocycles. The van der Waals surface area contributed by atoms with Crippen LogP contribution in [-0.4, -0.2) is 23.6 Å². The van der Waals surface area contributed by atoms with Crippen molar-refractivity contribution in [2.24, 2.45) is 51.2 Å². The van der Waals surface area contributed by atoms with Gasteiger partial charge in [-0.2, -0.15) is 0 Å². The molecule has 9 atom stereocenters. The molecule has 4 heteroatoms. The lowest BCUT2D eigenvalue weighted by molar-refractivity contribution is -0.206. The number of hydrogen-bond acceptors (Lipinski definition) is 4. The third kappa shape index (κ3) is 3.95. The number of Topliss-reactive ketones (excluding diaryl/α,β-unsaturated/α-hetero) is 2. The number of allylic oxidation sites excluding steroid dienone is 2. The molecule has 0 aromatic rings. The van der Waals surface area contributed by atoms with Crippen LogP contribution in [0.4, 0.5) is 0 Å². The van der Waals surface area contributed by atoms with Gasteiger partial charge in [-0.15, -0.1) is 0 Å². The fourth-order valence-electron chi connectivity index (χ4n) is 10.1. The highest BCUT2D eigenvalue weighted by molar-refractivity contribution is 5.95. The van der Waals surface area contributed by atoms with E-state index >= 15 is 0 Å². The predicted molar refractivity (Wildman–Crippen MR) is 143 cm³/mol. The Hall–Kier alpha value is -1.45. The van der Waals surface area contributed by atoms with Crippen LogP contribution in [0.1, 0.15) is 114 Å². The minimum Gasteiger partial charge on any atom is -0.462 e. The highest BCUT2D eigenvalue weighted by Gasteiger charge is 2.72. The Morgan fingerprint density at radius 1 is 0.972 bits per heavy atom. The first kappa shape index (κ1) is 27.6. The van der Waals surface area contributed by atoms with E-state index < -0.39 is 0 Å².